The number of amides is 1. The van der Waals surface area contributed by atoms with Crippen molar-refractivity contribution < 1.29 is 9.90 Å². The van der Waals surface area contributed by atoms with Gasteiger partial charge in [-0.3, -0.25) is 18.7 Å². The molecule has 11 heteroatoms. The maximum Gasteiger partial charge on any atom is 0.331 e. The molecule has 23 heavy (non-hydrogen) atoms. The molecule has 2 heterocycles. The molecule has 11 nitrogen and oxygen atoms in total. The highest BCUT2D eigenvalue weighted by Crippen LogP contribution is 1.95. The molecule has 0 saturated heterocycles. The number of rotatable bonds is 5. The molecule has 1 amide bonds. The Kier molecular flexibility index (Phi) is 4.69. The molecule has 124 valence electrons. The molecule has 0 bridgehead atoms. The lowest BCUT2D eigenvalue weighted by Gasteiger charge is -2.08. The molecule has 2 rings (SSSR count). The Labute approximate surface area is 130 Å². The Hall–Kier alpha value is -2.82. The largest absolute Gasteiger partial charge is 0.391 e. The van der Waals surface area contributed by atoms with Crippen LogP contribution < -0.4 is 16.6 Å². The Balaban J connectivity index is 2.38. The van der Waals surface area contributed by atoms with Crippen molar-refractivity contribution in [2.45, 2.75) is 26.1 Å². The maximum absolute atomic E-state index is 12.1. The summed E-state index contributed by atoms with van der Waals surface area (Å²) in [4.78, 5) is 37.0. The van der Waals surface area contributed by atoms with E-state index in [-0.39, 0.29) is 24.5 Å². The summed E-state index contributed by atoms with van der Waals surface area (Å²) in [6.07, 6.45) is 0.524. The Morgan fingerprint density at radius 2 is 2.13 bits per heavy atom. The first-order valence-corrected chi connectivity index (χ1v) is 6.80. The average molecular weight is 323 g/mol. The number of hydrogen-bond acceptors (Lipinski definition) is 7. The van der Waals surface area contributed by atoms with E-state index in [1.165, 1.54) is 25.1 Å². The zero-order chi connectivity index (χ0) is 17.1. The second kappa shape index (κ2) is 6.52. The average Bonchev–Trinajstić information content (AvgIpc) is 2.93. The summed E-state index contributed by atoms with van der Waals surface area (Å²) >= 11 is 0. The van der Waals surface area contributed by atoms with Crippen LogP contribution in [0.1, 0.15) is 23.1 Å². The van der Waals surface area contributed by atoms with Crippen LogP contribution in [0.5, 0.6) is 0 Å². The SMILES string of the molecule is CNC(=O)c1cn(Cc2nnn(C[C@@H](C)O)n2)c(=O)n(C)c1=O. The Morgan fingerprint density at radius 3 is 2.74 bits per heavy atom. The lowest BCUT2D eigenvalue weighted by atomic mass is 10.3. The smallest absolute Gasteiger partial charge is 0.331 e. The zero-order valence-corrected chi connectivity index (χ0v) is 12.9. The van der Waals surface area contributed by atoms with Gasteiger partial charge in [0.1, 0.15) is 5.56 Å². The van der Waals surface area contributed by atoms with Gasteiger partial charge in [-0.1, -0.05) is 0 Å². The maximum atomic E-state index is 12.1. The van der Waals surface area contributed by atoms with Gasteiger partial charge in [-0.05, 0) is 12.1 Å². The van der Waals surface area contributed by atoms with Crippen LogP contribution in [0, 0.1) is 0 Å². The summed E-state index contributed by atoms with van der Waals surface area (Å²) < 4.78 is 1.99. The summed E-state index contributed by atoms with van der Waals surface area (Å²) in [6.45, 7) is 1.69. The van der Waals surface area contributed by atoms with E-state index in [1.54, 1.807) is 6.92 Å². The van der Waals surface area contributed by atoms with E-state index in [9.17, 15) is 19.5 Å². The third kappa shape index (κ3) is 3.51. The lowest BCUT2D eigenvalue weighted by Crippen LogP contribution is -2.42. The van der Waals surface area contributed by atoms with E-state index in [2.05, 4.69) is 20.7 Å². The fourth-order valence-corrected chi connectivity index (χ4v) is 1.94. The van der Waals surface area contributed by atoms with Gasteiger partial charge in [-0.2, -0.15) is 4.80 Å². The van der Waals surface area contributed by atoms with Gasteiger partial charge in [-0.15, -0.1) is 10.2 Å². The van der Waals surface area contributed by atoms with Crippen molar-refractivity contribution in [2.24, 2.45) is 7.05 Å². The van der Waals surface area contributed by atoms with E-state index in [0.717, 1.165) is 9.13 Å². The normalized spacial score (nSPS) is 12.2. The number of nitrogens with zero attached hydrogens (tertiary/aromatic N) is 6. The molecule has 0 radical (unpaired) electrons. The van der Waals surface area contributed by atoms with E-state index in [4.69, 9.17) is 0 Å². The molecule has 2 aromatic rings. The molecule has 0 saturated carbocycles. The van der Waals surface area contributed by atoms with E-state index >= 15 is 0 Å². The van der Waals surface area contributed by atoms with E-state index < -0.39 is 23.3 Å². The van der Waals surface area contributed by atoms with Crippen molar-refractivity contribution in [3.05, 3.63) is 38.4 Å². The molecule has 1 atom stereocenters. The number of carbonyl (C=O) groups excluding carboxylic acids is 1. The number of carbonyl (C=O) groups is 1. The van der Waals surface area contributed by atoms with E-state index in [1.807, 2.05) is 0 Å². The first-order valence-electron chi connectivity index (χ1n) is 6.80. The monoisotopic (exact) mass is 323 g/mol. The summed E-state index contributed by atoms with van der Waals surface area (Å²) in [5.74, 6) is -0.376. The van der Waals surface area contributed by atoms with Crippen molar-refractivity contribution in [3.8, 4) is 0 Å². The molecule has 2 N–H and O–H groups in total. The molecule has 0 unspecified atom stereocenters. The fraction of sp³-hybridized carbons (Fsp3) is 0.500. The minimum atomic E-state index is -0.684. The number of aliphatic hydroxyl groups excluding tert-OH is 1. The third-order valence-corrected chi connectivity index (χ3v) is 3.06. The first kappa shape index (κ1) is 16.5. The van der Waals surface area contributed by atoms with Gasteiger partial charge in [-0.25, -0.2) is 4.79 Å². The van der Waals surface area contributed by atoms with Crippen LogP contribution in [-0.2, 0) is 20.1 Å². The molecule has 0 aliphatic carbocycles. The van der Waals surface area contributed by atoms with Gasteiger partial charge in [0.15, 0.2) is 5.82 Å². The van der Waals surface area contributed by atoms with Crippen LogP contribution in [0.15, 0.2) is 15.8 Å². The van der Waals surface area contributed by atoms with Crippen LogP contribution in [-0.4, -0.2) is 53.5 Å². The summed E-state index contributed by atoms with van der Waals surface area (Å²) in [6, 6.07) is 0. The van der Waals surface area contributed by atoms with Gasteiger partial charge in [0.05, 0.1) is 19.2 Å². The highest BCUT2D eigenvalue weighted by molar-refractivity contribution is 5.93. The van der Waals surface area contributed by atoms with Gasteiger partial charge in [0, 0.05) is 20.3 Å². The minimum Gasteiger partial charge on any atom is -0.391 e. The fourth-order valence-electron chi connectivity index (χ4n) is 1.94. The standard InChI is InChI=1S/C12H17N7O4/c1-7(20)4-19-15-9(14-16-19)6-18-5-8(10(21)13-2)11(22)17(3)12(18)23/h5,7,20H,4,6H2,1-3H3,(H,13,21)/t7-/m1/s1. The van der Waals surface area contributed by atoms with Crippen LogP contribution in [0.25, 0.3) is 0 Å². The molecule has 0 aliphatic heterocycles. The number of nitrogens with one attached hydrogen (secondary N) is 1. The van der Waals surface area contributed by atoms with Gasteiger partial charge in [0.25, 0.3) is 11.5 Å². The minimum absolute atomic E-state index is 0.0588. The predicted octanol–water partition coefficient (Wildman–Crippen LogP) is -2.68. The number of aromatic nitrogens is 6. The lowest BCUT2D eigenvalue weighted by molar-refractivity contribution is 0.0959. The van der Waals surface area contributed by atoms with Gasteiger partial charge >= 0.3 is 5.69 Å². The topological polar surface area (TPSA) is 137 Å². The second-order valence-electron chi connectivity index (χ2n) is 5.01. The van der Waals surface area contributed by atoms with E-state index in [0.29, 0.717) is 0 Å². The molecular weight excluding hydrogens is 306 g/mol. The Morgan fingerprint density at radius 1 is 1.43 bits per heavy atom. The highest BCUT2D eigenvalue weighted by Gasteiger charge is 2.16. The Bertz CT molecular complexity index is 833. The quantitative estimate of drug-likeness (QED) is 0.612. The zero-order valence-electron chi connectivity index (χ0n) is 12.9. The van der Waals surface area contributed by atoms with Crippen LogP contribution >= 0.6 is 0 Å². The molecule has 2 aromatic heterocycles. The molecule has 0 spiro atoms. The van der Waals surface area contributed by atoms with Crippen molar-refractivity contribution in [3.63, 3.8) is 0 Å². The predicted molar refractivity (Wildman–Crippen MR) is 77.9 cm³/mol. The number of aliphatic hydroxyl groups is 1. The summed E-state index contributed by atoms with van der Waals surface area (Å²) in [7, 11) is 2.67. The third-order valence-electron chi connectivity index (χ3n) is 3.06. The van der Waals surface area contributed by atoms with Crippen molar-refractivity contribution >= 4 is 5.91 Å². The van der Waals surface area contributed by atoms with Crippen LogP contribution in [0.3, 0.4) is 0 Å². The second-order valence-corrected chi connectivity index (χ2v) is 5.01. The number of tetrazole rings is 1. The first-order chi connectivity index (χ1) is 10.8. The summed E-state index contributed by atoms with van der Waals surface area (Å²) in [5.41, 5.74) is -1.45. The van der Waals surface area contributed by atoms with Crippen LogP contribution in [0.4, 0.5) is 0 Å². The van der Waals surface area contributed by atoms with Crippen molar-refractivity contribution in [1.29, 1.82) is 0 Å². The molecule has 0 aromatic carbocycles. The summed E-state index contributed by atoms with van der Waals surface area (Å²) in [5, 5.41) is 23.2. The molecule has 0 aliphatic rings. The van der Waals surface area contributed by atoms with Crippen LogP contribution in [0.2, 0.25) is 0 Å². The van der Waals surface area contributed by atoms with Gasteiger partial charge in [0.2, 0.25) is 0 Å². The van der Waals surface area contributed by atoms with Gasteiger partial charge < -0.3 is 10.4 Å². The number of hydrogen-bond donors (Lipinski definition) is 2. The molecule has 0 fully saturated rings. The van der Waals surface area contributed by atoms with Crippen molar-refractivity contribution in [1.82, 2.24) is 34.7 Å². The highest BCUT2D eigenvalue weighted by atomic mass is 16.3. The van der Waals surface area contributed by atoms with Crippen molar-refractivity contribution in [2.75, 3.05) is 7.05 Å². The molecular formula is C12H17N7O4.